The minimum Gasteiger partial charge on any atom is -0.494 e. The normalized spacial score (nSPS) is 12.2. The van der Waals surface area contributed by atoms with E-state index in [9.17, 15) is 9.18 Å². The lowest BCUT2D eigenvalue weighted by Crippen LogP contribution is -2.34. The SMILES string of the molecule is COc1cc(-c2onc(N(C)C)c2C(=O)NC(C)CC(C)C)ccc1F. The van der Waals surface area contributed by atoms with Crippen LogP contribution >= 0.6 is 0 Å². The summed E-state index contributed by atoms with van der Waals surface area (Å²) in [5.74, 6) is 0.465. The van der Waals surface area contributed by atoms with Crippen molar-refractivity contribution < 1.29 is 18.4 Å². The van der Waals surface area contributed by atoms with Gasteiger partial charge >= 0.3 is 0 Å². The molecule has 1 heterocycles. The average molecular weight is 363 g/mol. The van der Waals surface area contributed by atoms with Crippen LogP contribution in [0.25, 0.3) is 11.3 Å². The fraction of sp³-hybridized carbons (Fsp3) is 0.474. The standard InChI is InChI=1S/C19H26FN3O3/c1-11(2)9-12(3)21-19(24)16-17(26-22-18(16)23(4)5)13-7-8-14(20)15(10-13)25-6/h7-8,10-12H,9H2,1-6H3,(H,21,24). The second-order valence-corrected chi connectivity index (χ2v) is 6.96. The van der Waals surface area contributed by atoms with Crippen molar-refractivity contribution in [2.24, 2.45) is 5.92 Å². The van der Waals surface area contributed by atoms with E-state index in [1.807, 2.05) is 6.92 Å². The monoisotopic (exact) mass is 363 g/mol. The Morgan fingerprint density at radius 2 is 2.04 bits per heavy atom. The lowest BCUT2D eigenvalue weighted by atomic mass is 10.0. The molecule has 1 aromatic heterocycles. The van der Waals surface area contributed by atoms with E-state index >= 15 is 0 Å². The Labute approximate surface area is 153 Å². The van der Waals surface area contributed by atoms with E-state index in [1.165, 1.54) is 25.3 Å². The van der Waals surface area contributed by atoms with Crippen LogP contribution in [0.4, 0.5) is 10.2 Å². The Morgan fingerprint density at radius 1 is 1.35 bits per heavy atom. The number of nitrogens with zero attached hydrogens (tertiary/aromatic N) is 2. The first-order valence-corrected chi connectivity index (χ1v) is 8.56. The molecule has 0 fully saturated rings. The molecule has 0 radical (unpaired) electrons. The van der Waals surface area contributed by atoms with Crippen LogP contribution in [0.2, 0.25) is 0 Å². The third kappa shape index (κ3) is 4.33. The summed E-state index contributed by atoms with van der Waals surface area (Å²) in [6.07, 6.45) is 0.855. The zero-order valence-electron chi connectivity index (χ0n) is 16.1. The summed E-state index contributed by atoms with van der Waals surface area (Å²) in [6, 6.07) is 4.30. The first-order valence-electron chi connectivity index (χ1n) is 8.56. The van der Waals surface area contributed by atoms with Crippen LogP contribution in [0.3, 0.4) is 0 Å². The van der Waals surface area contributed by atoms with Gasteiger partial charge in [0.2, 0.25) is 0 Å². The number of methoxy groups -OCH3 is 1. The van der Waals surface area contributed by atoms with Crippen molar-refractivity contribution in [3.8, 4) is 17.1 Å². The molecular weight excluding hydrogens is 337 g/mol. The fourth-order valence-electron chi connectivity index (χ4n) is 2.85. The topological polar surface area (TPSA) is 67.6 Å². The highest BCUT2D eigenvalue weighted by atomic mass is 19.1. The molecule has 2 rings (SSSR count). The van der Waals surface area contributed by atoms with Gasteiger partial charge in [-0.2, -0.15) is 0 Å². The highest BCUT2D eigenvalue weighted by Crippen LogP contribution is 2.33. The van der Waals surface area contributed by atoms with Gasteiger partial charge in [0.15, 0.2) is 23.1 Å². The molecule has 0 bridgehead atoms. The summed E-state index contributed by atoms with van der Waals surface area (Å²) in [6.45, 7) is 6.16. The number of benzene rings is 1. The van der Waals surface area contributed by atoms with Crippen LogP contribution < -0.4 is 15.0 Å². The van der Waals surface area contributed by atoms with Crippen LogP contribution in [-0.4, -0.2) is 38.3 Å². The Hall–Kier alpha value is -2.57. The highest BCUT2D eigenvalue weighted by molar-refractivity contribution is 6.04. The molecule has 0 saturated heterocycles. The maximum atomic E-state index is 13.7. The molecule has 1 amide bonds. The van der Waals surface area contributed by atoms with E-state index in [4.69, 9.17) is 9.26 Å². The lowest BCUT2D eigenvalue weighted by Gasteiger charge is -2.17. The van der Waals surface area contributed by atoms with Crippen molar-refractivity contribution in [1.29, 1.82) is 0 Å². The van der Waals surface area contributed by atoms with Crippen molar-refractivity contribution in [1.82, 2.24) is 10.5 Å². The van der Waals surface area contributed by atoms with E-state index < -0.39 is 5.82 Å². The smallest absolute Gasteiger partial charge is 0.259 e. The number of rotatable bonds is 7. The molecule has 2 aromatic rings. The summed E-state index contributed by atoms with van der Waals surface area (Å²) in [4.78, 5) is 14.6. The number of nitrogens with one attached hydrogen (secondary N) is 1. The van der Waals surface area contributed by atoms with Crippen LogP contribution in [0.1, 0.15) is 37.6 Å². The number of halogens is 1. The van der Waals surface area contributed by atoms with E-state index in [0.29, 0.717) is 22.9 Å². The molecule has 0 saturated carbocycles. The fourth-order valence-corrected chi connectivity index (χ4v) is 2.85. The Kier molecular flexibility index (Phi) is 6.23. The summed E-state index contributed by atoms with van der Waals surface area (Å²) < 4.78 is 24.2. The second-order valence-electron chi connectivity index (χ2n) is 6.96. The number of amides is 1. The minimum atomic E-state index is -0.486. The number of hydrogen-bond donors (Lipinski definition) is 1. The van der Waals surface area contributed by atoms with Gasteiger partial charge < -0.3 is 19.5 Å². The highest BCUT2D eigenvalue weighted by Gasteiger charge is 2.27. The molecule has 0 spiro atoms. The third-order valence-corrected chi connectivity index (χ3v) is 3.94. The van der Waals surface area contributed by atoms with E-state index in [-0.39, 0.29) is 23.5 Å². The van der Waals surface area contributed by atoms with Gasteiger partial charge in [0.05, 0.1) is 7.11 Å². The first-order chi connectivity index (χ1) is 12.2. The van der Waals surface area contributed by atoms with Gasteiger partial charge in [-0.3, -0.25) is 4.79 Å². The molecule has 0 aliphatic heterocycles. The van der Waals surface area contributed by atoms with E-state index in [0.717, 1.165) is 6.42 Å². The number of hydrogen-bond acceptors (Lipinski definition) is 5. The van der Waals surface area contributed by atoms with Crippen LogP contribution in [0.5, 0.6) is 5.75 Å². The van der Waals surface area contributed by atoms with Crippen molar-refractivity contribution in [3.63, 3.8) is 0 Å². The third-order valence-electron chi connectivity index (χ3n) is 3.94. The maximum Gasteiger partial charge on any atom is 0.259 e. The molecule has 142 valence electrons. The lowest BCUT2D eigenvalue weighted by molar-refractivity contribution is 0.0937. The zero-order chi connectivity index (χ0) is 19.4. The minimum absolute atomic E-state index is 0.00279. The second kappa shape index (κ2) is 8.21. The van der Waals surface area contributed by atoms with Crippen molar-refractivity contribution in [3.05, 3.63) is 29.6 Å². The Bertz CT molecular complexity index is 771. The van der Waals surface area contributed by atoms with Crippen molar-refractivity contribution >= 4 is 11.7 Å². The maximum absolute atomic E-state index is 13.7. The van der Waals surface area contributed by atoms with Gasteiger partial charge in [0, 0.05) is 25.7 Å². The molecule has 7 heteroatoms. The average Bonchev–Trinajstić information content (AvgIpc) is 2.99. The molecular formula is C19H26FN3O3. The van der Waals surface area contributed by atoms with E-state index in [2.05, 4.69) is 24.3 Å². The Morgan fingerprint density at radius 3 is 2.62 bits per heavy atom. The van der Waals surface area contributed by atoms with Crippen molar-refractivity contribution in [2.75, 3.05) is 26.1 Å². The zero-order valence-corrected chi connectivity index (χ0v) is 16.1. The molecule has 1 aromatic carbocycles. The molecule has 1 N–H and O–H groups in total. The van der Waals surface area contributed by atoms with Gasteiger partial charge in [0.25, 0.3) is 5.91 Å². The van der Waals surface area contributed by atoms with Crippen LogP contribution in [0.15, 0.2) is 22.7 Å². The molecule has 1 unspecified atom stereocenters. The Balaban J connectivity index is 2.44. The predicted molar refractivity (Wildman–Crippen MR) is 99.2 cm³/mol. The van der Waals surface area contributed by atoms with Crippen LogP contribution in [-0.2, 0) is 0 Å². The molecule has 1 atom stereocenters. The number of carbonyl (C=O) groups excluding carboxylic acids is 1. The van der Waals surface area contributed by atoms with Crippen LogP contribution in [0, 0.1) is 11.7 Å². The largest absolute Gasteiger partial charge is 0.494 e. The summed E-state index contributed by atoms with van der Waals surface area (Å²) in [5.41, 5.74) is 0.838. The first kappa shape index (κ1) is 19.8. The number of carbonyl (C=O) groups is 1. The number of aromatic nitrogens is 1. The summed E-state index contributed by atoms with van der Waals surface area (Å²) in [7, 11) is 4.94. The van der Waals surface area contributed by atoms with Gasteiger partial charge in [-0.05, 0) is 37.5 Å². The van der Waals surface area contributed by atoms with Gasteiger partial charge in [0.1, 0.15) is 5.56 Å². The quantitative estimate of drug-likeness (QED) is 0.812. The summed E-state index contributed by atoms with van der Waals surface area (Å²) in [5, 5.41) is 7.00. The van der Waals surface area contributed by atoms with Crippen molar-refractivity contribution in [2.45, 2.75) is 33.2 Å². The van der Waals surface area contributed by atoms with Gasteiger partial charge in [-0.1, -0.05) is 19.0 Å². The molecule has 26 heavy (non-hydrogen) atoms. The van der Waals surface area contributed by atoms with Gasteiger partial charge in [-0.15, -0.1) is 0 Å². The van der Waals surface area contributed by atoms with Gasteiger partial charge in [-0.25, -0.2) is 4.39 Å². The number of ether oxygens (including phenoxy) is 1. The molecule has 6 nitrogen and oxygen atoms in total. The number of anilines is 1. The molecule has 0 aliphatic carbocycles. The van der Waals surface area contributed by atoms with E-state index in [1.54, 1.807) is 19.0 Å². The molecule has 0 aliphatic rings. The predicted octanol–water partition coefficient (Wildman–Crippen LogP) is 3.72. The summed E-state index contributed by atoms with van der Waals surface area (Å²) >= 11 is 0.